The lowest BCUT2D eigenvalue weighted by Gasteiger charge is -2.06. The molecule has 0 fully saturated rings. The van der Waals surface area contributed by atoms with Crippen LogP contribution in [0.1, 0.15) is 0 Å². The molecule has 0 radical (unpaired) electrons. The van der Waals surface area contributed by atoms with Crippen molar-refractivity contribution in [2.45, 2.75) is 6.54 Å². The summed E-state index contributed by atoms with van der Waals surface area (Å²) in [4.78, 5) is 34.4. The number of aromatic nitrogens is 3. The van der Waals surface area contributed by atoms with Gasteiger partial charge in [0.25, 0.3) is 5.69 Å². The van der Waals surface area contributed by atoms with Crippen molar-refractivity contribution in [3.05, 3.63) is 68.2 Å². The molecule has 24 heavy (non-hydrogen) atoms. The van der Waals surface area contributed by atoms with Gasteiger partial charge in [0.05, 0.1) is 15.6 Å². The molecule has 0 spiro atoms. The van der Waals surface area contributed by atoms with Gasteiger partial charge in [-0.05, 0) is 18.2 Å². The zero-order chi connectivity index (χ0) is 17.3. The second kappa shape index (κ2) is 6.13. The Labute approximate surface area is 139 Å². The number of non-ortho nitro benzene ring substituents is 1. The number of hydrogen-bond acceptors (Lipinski definition) is 5. The van der Waals surface area contributed by atoms with Crippen LogP contribution in [0.4, 0.5) is 11.4 Å². The molecule has 3 rings (SSSR count). The Morgan fingerprint density at radius 2 is 2.12 bits per heavy atom. The maximum Gasteiger partial charge on any atom is 0.350 e. The molecule has 1 aromatic carbocycles. The number of rotatable bonds is 4. The van der Waals surface area contributed by atoms with Crippen molar-refractivity contribution in [1.29, 1.82) is 0 Å². The van der Waals surface area contributed by atoms with E-state index in [0.29, 0.717) is 5.65 Å². The van der Waals surface area contributed by atoms with Gasteiger partial charge in [-0.25, -0.2) is 9.48 Å². The molecule has 2 heterocycles. The van der Waals surface area contributed by atoms with Crippen LogP contribution in [-0.4, -0.2) is 25.0 Å². The number of halogens is 1. The Morgan fingerprint density at radius 3 is 2.83 bits per heavy atom. The van der Waals surface area contributed by atoms with E-state index in [-0.39, 0.29) is 22.9 Å². The quantitative estimate of drug-likeness (QED) is 0.570. The van der Waals surface area contributed by atoms with E-state index in [1.165, 1.54) is 22.7 Å². The van der Waals surface area contributed by atoms with Gasteiger partial charge in [0.15, 0.2) is 5.65 Å². The van der Waals surface area contributed by atoms with E-state index in [0.717, 1.165) is 10.7 Å². The minimum atomic E-state index is -0.599. The second-order valence-electron chi connectivity index (χ2n) is 4.84. The third kappa shape index (κ3) is 2.97. The van der Waals surface area contributed by atoms with E-state index < -0.39 is 16.5 Å². The van der Waals surface area contributed by atoms with Gasteiger partial charge in [-0.15, -0.1) is 5.10 Å². The number of anilines is 1. The van der Waals surface area contributed by atoms with Crippen LogP contribution in [0.15, 0.2) is 47.4 Å². The number of nitro benzene ring substituents is 1. The highest BCUT2D eigenvalue weighted by Gasteiger charge is 2.14. The van der Waals surface area contributed by atoms with Gasteiger partial charge >= 0.3 is 5.69 Å². The number of nitro groups is 1. The molecule has 0 aliphatic heterocycles. The van der Waals surface area contributed by atoms with E-state index in [2.05, 4.69) is 10.4 Å². The van der Waals surface area contributed by atoms with E-state index in [1.807, 2.05) is 0 Å². The second-order valence-corrected chi connectivity index (χ2v) is 5.25. The third-order valence-corrected chi connectivity index (χ3v) is 3.55. The molecule has 10 heteroatoms. The van der Waals surface area contributed by atoms with Crippen molar-refractivity contribution in [3.63, 3.8) is 0 Å². The summed E-state index contributed by atoms with van der Waals surface area (Å²) in [5, 5.41) is 17.4. The molecule has 0 aliphatic carbocycles. The number of carbonyl (C=O) groups is 1. The van der Waals surface area contributed by atoms with Crippen LogP contribution in [0, 0.1) is 10.1 Å². The minimum Gasteiger partial charge on any atom is -0.323 e. The summed E-state index contributed by atoms with van der Waals surface area (Å²) in [7, 11) is 0. The summed E-state index contributed by atoms with van der Waals surface area (Å²) < 4.78 is 2.30. The summed E-state index contributed by atoms with van der Waals surface area (Å²) >= 11 is 5.92. The highest BCUT2D eigenvalue weighted by atomic mass is 35.5. The Morgan fingerprint density at radius 1 is 1.33 bits per heavy atom. The Bertz CT molecular complexity index is 1010. The first-order valence-electron chi connectivity index (χ1n) is 6.74. The predicted octanol–water partition coefficient (Wildman–Crippen LogP) is 1.70. The fraction of sp³-hybridized carbons (Fsp3) is 0.0714. The third-order valence-electron chi connectivity index (χ3n) is 3.22. The zero-order valence-electron chi connectivity index (χ0n) is 12.0. The molecule has 122 valence electrons. The highest BCUT2D eigenvalue weighted by Crippen LogP contribution is 2.26. The molecule has 1 N–H and O–H groups in total. The van der Waals surface area contributed by atoms with E-state index in [9.17, 15) is 19.7 Å². The fourth-order valence-corrected chi connectivity index (χ4v) is 2.28. The number of carbonyl (C=O) groups excluding carboxylic acids is 1. The monoisotopic (exact) mass is 347 g/mol. The summed E-state index contributed by atoms with van der Waals surface area (Å²) in [6.45, 7) is -0.348. The lowest BCUT2D eigenvalue weighted by molar-refractivity contribution is -0.384. The molecule has 0 atom stereocenters. The largest absolute Gasteiger partial charge is 0.350 e. The SMILES string of the molecule is O=C(Cn1nc2ccccn2c1=O)Nc1cc([N+](=O)[O-])ccc1Cl. The standard InChI is InChI=1S/C14H10ClN5O4/c15-10-5-4-9(20(23)24)7-11(10)16-13(21)8-19-14(22)18-6-2-1-3-12(18)17-19/h1-7H,8H2,(H,16,21). The fourth-order valence-electron chi connectivity index (χ4n) is 2.12. The lowest BCUT2D eigenvalue weighted by Crippen LogP contribution is -2.28. The van der Waals surface area contributed by atoms with E-state index >= 15 is 0 Å². The Hall–Kier alpha value is -3.20. The van der Waals surface area contributed by atoms with E-state index in [1.54, 1.807) is 18.2 Å². The van der Waals surface area contributed by atoms with Crippen LogP contribution in [0.2, 0.25) is 5.02 Å². The molecule has 0 aliphatic rings. The van der Waals surface area contributed by atoms with Crippen LogP contribution >= 0.6 is 11.6 Å². The maximum absolute atomic E-state index is 12.1. The van der Waals surface area contributed by atoms with Crippen molar-refractivity contribution < 1.29 is 9.72 Å². The van der Waals surface area contributed by atoms with Gasteiger partial charge in [0.2, 0.25) is 5.91 Å². The molecule has 3 aromatic rings. The molecular weight excluding hydrogens is 338 g/mol. The van der Waals surface area contributed by atoms with Crippen molar-refractivity contribution in [2.75, 3.05) is 5.32 Å². The van der Waals surface area contributed by atoms with Crippen molar-refractivity contribution in [2.24, 2.45) is 0 Å². The molecule has 0 saturated heterocycles. The maximum atomic E-state index is 12.1. The molecule has 1 amide bonds. The number of hydrogen-bond donors (Lipinski definition) is 1. The number of pyridine rings is 1. The molecule has 0 bridgehead atoms. The minimum absolute atomic E-state index is 0.0904. The van der Waals surface area contributed by atoms with Gasteiger partial charge in [0, 0.05) is 18.3 Å². The van der Waals surface area contributed by atoms with E-state index in [4.69, 9.17) is 11.6 Å². The van der Waals surface area contributed by atoms with Gasteiger partial charge in [-0.2, -0.15) is 0 Å². The Balaban J connectivity index is 1.83. The Kier molecular flexibility index (Phi) is 4.00. The zero-order valence-corrected chi connectivity index (χ0v) is 12.8. The van der Waals surface area contributed by atoms with Gasteiger partial charge < -0.3 is 5.32 Å². The van der Waals surface area contributed by atoms with Gasteiger partial charge in [-0.1, -0.05) is 17.7 Å². The number of nitrogens with zero attached hydrogens (tertiary/aromatic N) is 4. The topological polar surface area (TPSA) is 112 Å². The smallest absolute Gasteiger partial charge is 0.323 e. The number of amides is 1. The van der Waals surface area contributed by atoms with Crippen molar-refractivity contribution >= 4 is 34.5 Å². The van der Waals surface area contributed by atoms with Crippen LogP contribution in [0.25, 0.3) is 5.65 Å². The number of nitrogens with one attached hydrogen (secondary N) is 1. The highest BCUT2D eigenvalue weighted by molar-refractivity contribution is 6.33. The molecule has 9 nitrogen and oxygen atoms in total. The molecule has 2 aromatic heterocycles. The average Bonchev–Trinajstić information content (AvgIpc) is 2.86. The van der Waals surface area contributed by atoms with Crippen molar-refractivity contribution in [1.82, 2.24) is 14.2 Å². The normalized spacial score (nSPS) is 10.7. The van der Waals surface area contributed by atoms with Crippen LogP contribution < -0.4 is 11.0 Å². The van der Waals surface area contributed by atoms with Crippen LogP contribution in [0.5, 0.6) is 0 Å². The average molecular weight is 348 g/mol. The van der Waals surface area contributed by atoms with Gasteiger partial charge in [0.1, 0.15) is 6.54 Å². The molecular formula is C14H10ClN5O4. The molecule has 0 saturated carbocycles. The number of fused-ring (bicyclic) bond motifs is 1. The number of benzene rings is 1. The predicted molar refractivity (Wildman–Crippen MR) is 86.2 cm³/mol. The van der Waals surface area contributed by atoms with Crippen LogP contribution in [-0.2, 0) is 11.3 Å². The van der Waals surface area contributed by atoms with Crippen LogP contribution in [0.3, 0.4) is 0 Å². The first-order valence-corrected chi connectivity index (χ1v) is 7.11. The summed E-state index contributed by atoms with van der Waals surface area (Å²) in [6.07, 6.45) is 1.54. The lowest BCUT2D eigenvalue weighted by atomic mass is 10.3. The van der Waals surface area contributed by atoms with Gasteiger partial charge in [-0.3, -0.25) is 19.3 Å². The molecule has 0 unspecified atom stereocenters. The summed E-state index contributed by atoms with van der Waals surface area (Å²) in [5.74, 6) is -0.581. The first-order chi connectivity index (χ1) is 11.5. The first kappa shape index (κ1) is 15.7. The van der Waals surface area contributed by atoms with Crippen molar-refractivity contribution in [3.8, 4) is 0 Å². The summed E-state index contributed by atoms with van der Waals surface area (Å²) in [5.41, 5.74) is -0.179. The summed E-state index contributed by atoms with van der Waals surface area (Å²) in [6, 6.07) is 8.70.